The van der Waals surface area contributed by atoms with Crippen molar-refractivity contribution in [2.75, 3.05) is 6.54 Å². The Bertz CT molecular complexity index is 306. The molecule has 0 bridgehead atoms. The molecule has 0 amide bonds. The number of nitrogens with one attached hydrogen (secondary N) is 1. The van der Waals surface area contributed by atoms with E-state index in [1.54, 1.807) is 0 Å². The molecule has 0 aliphatic carbocycles. The molecule has 0 saturated heterocycles. The van der Waals surface area contributed by atoms with Gasteiger partial charge in [-0.25, -0.2) is 0 Å². The van der Waals surface area contributed by atoms with Crippen LogP contribution in [0.2, 0.25) is 0 Å². The molecule has 3 heteroatoms. The second-order valence-corrected chi connectivity index (χ2v) is 4.16. The number of furan rings is 1. The van der Waals surface area contributed by atoms with Gasteiger partial charge in [-0.2, -0.15) is 0 Å². The zero-order valence-electron chi connectivity index (χ0n) is 8.64. The van der Waals surface area contributed by atoms with Gasteiger partial charge in [0.15, 0.2) is 4.67 Å². The van der Waals surface area contributed by atoms with Gasteiger partial charge in [0, 0.05) is 0 Å². The molecule has 1 aromatic rings. The van der Waals surface area contributed by atoms with E-state index in [0.717, 1.165) is 29.0 Å². The summed E-state index contributed by atoms with van der Waals surface area (Å²) in [6.45, 7) is 9.07. The van der Waals surface area contributed by atoms with Crippen molar-refractivity contribution in [3.63, 3.8) is 0 Å². The summed E-state index contributed by atoms with van der Waals surface area (Å²) in [6, 6.07) is 3.99. The number of hydrogen-bond acceptors (Lipinski definition) is 2. The summed E-state index contributed by atoms with van der Waals surface area (Å²) in [5, 5.41) is 3.38. The van der Waals surface area contributed by atoms with E-state index in [4.69, 9.17) is 4.42 Å². The molecule has 0 fully saturated rings. The lowest BCUT2D eigenvalue weighted by atomic mass is 10.1. The largest absolute Gasteiger partial charge is 0.452 e. The van der Waals surface area contributed by atoms with Gasteiger partial charge in [0.05, 0.1) is 6.04 Å². The molecular formula is C11H16BrNO. The van der Waals surface area contributed by atoms with Gasteiger partial charge in [-0.15, -0.1) is 0 Å². The highest BCUT2D eigenvalue weighted by Gasteiger charge is 2.14. The molecule has 1 rings (SSSR count). The van der Waals surface area contributed by atoms with E-state index in [0.29, 0.717) is 0 Å². The van der Waals surface area contributed by atoms with Crippen molar-refractivity contribution in [2.24, 2.45) is 0 Å². The van der Waals surface area contributed by atoms with E-state index in [1.165, 1.54) is 0 Å². The third kappa shape index (κ3) is 3.00. The SMILES string of the molecule is C=C(C)C(NCCC)c1ccc(Br)o1. The van der Waals surface area contributed by atoms with E-state index >= 15 is 0 Å². The van der Waals surface area contributed by atoms with E-state index < -0.39 is 0 Å². The summed E-state index contributed by atoms with van der Waals surface area (Å²) in [5.74, 6) is 0.915. The van der Waals surface area contributed by atoms with Crippen LogP contribution in [0.4, 0.5) is 0 Å². The topological polar surface area (TPSA) is 25.2 Å². The Morgan fingerprint density at radius 1 is 1.64 bits per heavy atom. The van der Waals surface area contributed by atoms with E-state index in [-0.39, 0.29) is 6.04 Å². The monoisotopic (exact) mass is 257 g/mol. The standard InChI is InChI=1S/C11H16BrNO/c1-4-7-13-11(8(2)3)9-5-6-10(12)14-9/h5-6,11,13H,2,4,7H2,1,3H3. The fourth-order valence-corrected chi connectivity index (χ4v) is 1.61. The zero-order chi connectivity index (χ0) is 10.6. The molecule has 1 heterocycles. The Labute approximate surface area is 93.5 Å². The summed E-state index contributed by atoms with van der Waals surface area (Å²) in [7, 11) is 0. The van der Waals surface area contributed by atoms with E-state index in [1.807, 2.05) is 19.1 Å². The summed E-state index contributed by atoms with van der Waals surface area (Å²) in [4.78, 5) is 0. The van der Waals surface area contributed by atoms with E-state index in [2.05, 4.69) is 34.7 Å². The van der Waals surface area contributed by atoms with Crippen molar-refractivity contribution in [1.82, 2.24) is 5.32 Å². The van der Waals surface area contributed by atoms with Crippen LogP contribution in [0.3, 0.4) is 0 Å². The van der Waals surface area contributed by atoms with Crippen LogP contribution >= 0.6 is 15.9 Å². The van der Waals surface area contributed by atoms with Crippen molar-refractivity contribution in [3.05, 3.63) is 34.7 Å². The highest BCUT2D eigenvalue weighted by Crippen LogP contribution is 2.24. The average Bonchev–Trinajstić information content (AvgIpc) is 2.52. The van der Waals surface area contributed by atoms with Gasteiger partial charge in [0.1, 0.15) is 5.76 Å². The molecular weight excluding hydrogens is 242 g/mol. The maximum absolute atomic E-state index is 5.50. The molecule has 0 saturated carbocycles. The van der Waals surface area contributed by atoms with Gasteiger partial charge < -0.3 is 9.73 Å². The summed E-state index contributed by atoms with van der Waals surface area (Å²) < 4.78 is 6.26. The number of hydrogen-bond donors (Lipinski definition) is 1. The summed E-state index contributed by atoms with van der Waals surface area (Å²) in [6.07, 6.45) is 1.10. The lowest BCUT2D eigenvalue weighted by molar-refractivity contribution is 0.430. The molecule has 0 radical (unpaired) electrons. The van der Waals surface area contributed by atoms with Gasteiger partial charge in [-0.3, -0.25) is 0 Å². The molecule has 1 unspecified atom stereocenters. The van der Waals surface area contributed by atoms with Gasteiger partial charge in [0.25, 0.3) is 0 Å². The van der Waals surface area contributed by atoms with Crippen molar-refractivity contribution in [1.29, 1.82) is 0 Å². The molecule has 0 aliphatic heterocycles. The second kappa shape index (κ2) is 5.37. The van der Waals surface area contributed by atoms with Crippen molar-refractivity contribution < 1.29 is 4.42 Å². The average molecular weight is 258 g/mol. The molecule has 0 aromatic carbocycles. The summed E-state index contributed by atoms with van der Waals surface area (Å²) >= 11 is 3.29. The molecule has 1 aromatic heterocycles. The third-order valence-electron chi connectivity index (χ3n) is 1.97. The van der Waals surface area contributed by atoms with Crippen molar-refractivity contribution in [2.45, 2.75) is 26.3 Å². The molecule has 1 atom stereocenters. The van der Waals surface area contributed by atoms with Crippen molar-refractivity contribution in [3.8, 4) is 0 Å². The normalized spacial score (nSPS) is 12.8. The third-order valence-corrected chi connectivity index (χ3v) is 2.40. The molecule has 1 N–H and O–H groups in total. The van der Waals surface area contributed by atoms with Crippen LogP contribution in [0.5, 0.6) is 0 Å². The lowest BCUT2D eigenvalue weighted by Gasteiger charge is -2.15. The van der Waals surface area contributed by atoms with Crippen LogP contribution < -0.4 is 5.32 Å². The van der Waals surface area contributed by atoms with Crippen LogP contribution in [-0.4, -0.2) is 6.54 Å². The number of rotatable bonds is 5. The maximum atomic E-state index is 5.50. The Morgan fingerprint density at radius 3 is 2.79 bits per heavy atom. The molecule has 78 valence electrons. The first-order valence-electron chi connectivity index (χ1n) is 4.79. The minimum Gasteiger partial charge on any atom is -0.452 e. The Balaban J connectivity index is 2.72. The Kier molecular flexibility index (Phi) is 4.42. The van der Waals surface area contributed by atoms with E-state index in [9.17, 15) is 0 Å². The van der Waals surface area contributed by atoms with Crippen LogP contribution in [0, 0.1) is 0 Å². The van der Waals surface area contributed by atoms with Crippen LogP contribution in [0.25, 0.3) is 0 Å². The zero-order valence-corrected chi connectivity index (χ0v) is 10.2. The van der Waals surface area contributed by atoms with Crippen LogP contribution in [0.1, 0.15) is 32.1 Å². The predicted octanol–water partition coefficient (Wildman–Crippen LogP) is 3.66. The fourth-order valence-electron chi connectivity index (χ4n) is 1.29. The van der Waals surface area contributed by atoms with Crippen molar-refractivity contribution >= 4 is 15.9 Å². The van der Waals surface area contributed by atoms with Gasteiger partial charge in [0.2, 0.25) is 0 Å². The molecule has 0 spiro atoms. The lowest BCUT2D eigenvalue weighted by Crippen LogP contribution is -2.22. The second-order valence-electron chi connectivity index (χ2n) is 3.38. The van der Waals surface area contributed by atoms with Crippen LogP contribution in [-0.2, 0) is 0 Å². The minimum atomic E-state index is 0.126. The maximum Gasteiger partial charge on any atom is 0.169 e. The van der Waals surface area contributed by atoms with Gasteiger partial charge in [-0.05, 0) is 48.0 Å². The number of halogens is 1. The highest BCUT2D eigenvalue weighted by atomic mass is 79.9. The van der Waals surface area contributed by atoms with Crippen LogP contribution in [0.15, 0.2) is 33.4 Å². The first-order valence-corrected chi connectivity index (χ1v) is 5.58. The first kappa shape index (κ1) is 11.5. The molecule has 2 nitrogen and oxygen atoms in total. The minimum absolute atomic E-state index is 0.126. The smallest absolute Gasteiger partial charge is 0.169 e. The fraction of sp³-hybridized carbons (Fsp3) is 0.455. The van der Waals surface area contributed by atoms with Gasteiger partial charge in [-0.1, -0.05) is 19.1 Å². The Hall–Kier alpha value is -0.540. The first-order chi connectivity index (χ1) is 6.65. The quantitative estimate of drug-likeness (QED) is 0.815. The summed E-state index contributed by atoms with van der Waals surface area (Å²) in [5.41, 5.74) is 1.07. The highest BCUT2D eigenvalue weighted by molar-refractivity contribution is 9.10. The molecule has 14 heavy (non-hydrogen) atoms. The molecule has 0 aliphatic rings. The predicted molar refractivity (Wildman–Crippen MR) is 62.3 cm³/mol. The Morgan fingerprint density at radius 2 is 2.36 bits per heavy atom. The van der Waals surface area contributed by atoms with Gasteiger partial charge >= 0.3 is 0 Å².